The number of phenolic OH excluding ortho intramolecular Hbond substituents is 1. The van der Waals surface area contributed by atoms with E-state index in [2.05, 4.69) is 26.8 Å². The van der Waals surface area contributed by atoms with Crippen LogP contribution in [0, 0.1) is 0 Å². The van der Waals surface area contributed by atoms with Crippen molar-refractivity contribution in [2.24, 2.45) is 0 Å². The van der Waals surface area contributed by atoms with Gasteiger partial charge in [-0.2, -0.15) is 0 Å². The van der Waals surface area contributed by atoms with Crippen LogP contribution in [0.15, 0.2) is 29.4 Å². The summed E-state index contributed by atoms with van der Waals surface area (Å²) in [7, 11) is 0. The highest BCUT2D eigenvalue weighted by molar-refractivity contribution is 5.72. The van der Waals surface area contributed by atoms with E-state index in [1.165, 1.54) is 18.1 Å². The number of phenols is 1. The molecule has 154 valence electrons. The van der Waals surface area contributed by atoms with Crippen molar-refractivity contribution in [3.8, 4) is 17.2 Å². The second-order valence-corrected chi connectivity index (χ2v) is 8.27. The third-order valence-electron chi connectivity index (χ3n) is 4.99. The molecule has 1 aliphatic rings. The Morgan fingerprint density at radius 3 is 2.57 bits per heavy atom. The molecule has 0 saturated carbocycles. The van der Waals surface area contributed by atoms with Crippen molar-refractivity contribution < 1.29 is 24.5 Å². The van der Waals surface area contributed by atoms with E-state index in [1.54, 1.807) is 19.9 Å². The summed E-state index contributed by atoms with van der Waals surface area (Å²) in [5.41, 5.74) is 2.85. The van der Waals surface area contributed by atoms with Crippen LogP contribution in [0.4, 0.5) is 0 Å². The zero-order chi connectivity index (χ0) is 21.1. The highest BCUT2D eigenvalue weighted by Crippen LogP contribution is 2.45. The first-order valence-electron chi connectivity index (χ1n) is 9.73. The van der Waals surface area contributed by atoms with E-state index in [1.807, 2.05) is 6.08 Å². The summed E-state index contributed by atoms with van der Waals surface area (Å²) in [6.45, 7) is 11.1. The molecule has 0 aliphatic carbocycles. The summed E-state index contributed by atoms with van der Waals surface area (Å²) in [5, 5.41) is 21.0. The van der Waals surface area contributed by atoms with Gasteiger partial charge in [0.15, 0.2) is 0 Å². The van der Waals surface area contributed by atoms with E-state index in [9.17, 15) is 15.0 Å². The number of benzene rings is 1. The Bertz CT molecular complexity index is 798. The van der Waals surface area contributed by atoms with Gasteiger partial charge in [0.25, 0.3) is 0 Å². The van der Waals surface area contributed by atoms with Crippen molar-refractivity contribution >= 4 is 5.97 Å². The molecule has 1 aliphatic heterocycles. The maximum absolute atomic E-state index is 11.7. The van der Waals surface area contributed by atoms with Gasteiger partial charge in [0.1, 0.15) is 22.8 Å². The van der Waals surface area contributed by atoms with Crippen LogP contribution in [0.5, 0.6) is 17.2 Å². The lowest BCUT2D eigenvalue weighted by Gasteiger charge is -2.38. The summed E-state index contributed by atoms with van der Waals surface area (Å²) in [6.07, 6.45) is 6.11. The number of ether oxygens (including phenoxy) is 2. The fraction of sp³-hybridized carbons (Fsp3) is 0.522. The maximum Gasteiger partial charge on any atom is 0.308 e. The zero-order valence-electron chi connectivity index (χ0n) is 17.8. The lowest BCUT2D eigenvalue weighted by molar-refractivity contribution is -0.132. The number of allylic oxidation sites excluding steroid dienone is 4. The van der Waals surface area contributed by atoms with Crippen molar-refractivity contribution in [2.45, 2.75) is 78.9 Å². The largest absolute Gasteiger partial charge is 0.507 e. The Morgan fingerprint density at radius 1 is 1.29 bits per heavy atom. The zero-order valence-corrected chi connectivity index (χ0v) is 17.8. The molecule has 0 amide bonds. The monoisotopic (exact) mass is 388 g/mol. The van der Waals surface area contributed by atoms with E-state index >= 15 is 0 Å². The molecule has 0 spiro atoms. The lowest BCUT2D eigenvalue weighted by Crippen LogP contribution is -2.46. The molecule has 5 heteroatoms. The van der Waals surface area contributed by atoms with Crippen LogP contribution < -0.4 is 9.47 Å². The van der Waals surface area contributed by atoms with Crippen LogP contribution in [0.3, 0.4) is 0 Å². The first kappa shape index (κ1) is 22.0. The van der Waals surface area contributed by atoms with Gasteiger partial charge in [-0.05, 0) is 53.9 Å². The number of hydrogen-bond donors (Lipinski definition) is 2. The fourth-order valence-electron chi connectivity index (χ4n) is 3.21. The normalized spacial score (nSPS) is 18.1. The Morgan fingerprint density at radius 2 is 1.96 bits per heavy atom. The van der Waals surface area contributed by atoms with Crippen molar-refractivity contribution in [1.82, 2.24) is 0 Å². The number of carbonyl (C=O) groups excluding carboxylic acids is 1. The van der Waals surface area contributed by atoms with Gasteiger partial charge < -0.3 is 19.7 Å². The fourth-order valence-corrected chi connectivity index (χ4v) is 3.21. The number of rotatable bonds is 6. The molecule has 1 unspecified atom stereocenters. The van der Waals surface area contributed by atoms with Crippen LogP contribution in [-0.2, 0) is 17.6 Å². The third kappa shape index (κ3) is 5.38. The highest BCUT2D eigenvalue weighted by atomic mass is 16.5. The van der Waals surface area contributed by atoms with Gasteiger partial charge in [-0.1, -0.05) is 23.3 Å². The van der Waals surface area contributed by atoms with Gasteiger partial charge >= 0.3 is 5.97 Å². The van der Waals surface area contributed by atoms with Crippen molar-refractivity contribution in [1.29, 1.82) is 0 Å². The van der Waals surface area contributed by atoms with Crippen molar-refractivity contribution in [3.05, 3.63) is 40.5 Å². The summed E-state index contributed by atoms with van der Waals surface area (Å²) in [5.74, 6) is 0.288. The van der Waals surface area contributed by atoms with E-state index < -0.39 is 17.7 Å². The molecule has 5 nitrogen and oxygen atoms in total. The number of hydrogen-bond acceptors (Lipinski definition) is 5. The van der Waals surface area contributed by atoms with Gasteiger partial charge in [0, 0.05) is 30.5 Å². The van der Waals surface area contributed by atoms with E-state index in [0.717, 1.165) is 12.8 Å². The van der Waals surface area contributed by atoms with Crippen LogP contribution >= 0.6 is 0 Å². The quantitative estimate of drug-likeness (QED) is 0.422. The number of esters is 1. The van der Waals surface area contributed by atoms with Gasteiger partial charge in [0.05, 0.1) is 6.10 Å². The predicted molar refractivity (Wildman–Crippen MR) is 110 cm³/mol. The van der Waals surface area contributed by atoms with E-state index in [-0.39, 0.29) is 5.75 Å². The molecular weight excluding hydrogens is 356 g/mol. The number of aliphatic hydroxyl groups excluding tert-OH is 1. The molecule has 0 aromatic heterocycles. The summed E-state index contributed by atoms with van der Waals surface area (Å²) in [4.78, 5) is 11.7. The topological polar surface area (TPSA) is 76.0 Å². The summed E-state index contributed by atoms with van der Waals surface area (Å²) in [6, 6.07) is 1.55. The van der Waals surface area contributed by atoms with Crippen LogP contribution in [-0.4, -0.2) is 27.9 Å². The molecule has 0 radical (unpaired) electrons. The second kappa shape index (κ2) is 8.82. The minimum Gasteiger partial charge on any atom is -0.507 e. The van der Waals surface area contributed by atoms with E-state index in [4.69, 9.17) is 9.47 Å². The average Bonchev–Trinajstić information content (AvgIpc) is 2.55. The number of carbonyl (C=O) groups is 1. The lowest BCUT2D eigenvalue weighted by atomic mass is 9.88. The third-order valence-corrected chi connectivity index (χ3v) is 4.99. The van der Waals surface area contributed by atoms with Crippen LogP contribution in [0.1, 0.15) is 65.5 Å². The van der Waals surface area contributed by atoms with Gasteiger partial charge in [-0.25, -0.2) is 0 Å². The minimum absolute atomic E-state index is 0.0236. The SMILES string of the molecule is CC(=O)Oc1c(C/C=C(\C)CCC=C(C)C)c(O)cc2c1CC(O)C(C)(C)O2. The molecule has 1 atom stereocenters. The molecule has 28 heavy (non-hydrogen) atoms. The second-order valence-electron chi connectivity index (χ2n) is 8.27. The van der Waals surface area contributed by atoms with Gasteiger partial charge in [-0.3, -0.25) is 4.79 Å². The van der Waals surface area contributed by atoms with Crippen LogP contribution in [0.25, 0.3) is 0 Å². The summed E-state index contributed by atoms with van der Waals surface area (Å²) < 4.78 is 11.3. The number of fused-ring (bicyclic) bond motifs is 1. The first-order valence-corrected chi connectivity index (χ1v) is 9.73. The van der Waals surface area contributed by atoms with Crippen molar-refractivity contribution in [3.63, 3.8) is 0 Å². The molecule has 2 rings (SSSR count). The average molecular weight is 389 g/mol. The van der Waals surface area contributed by atoms with Gasteiger partial charge in [-0.15, -0.1) is 0 Å². The number of aromatic hydroxyl groups is 1. The Labute approximate surface area is 167 Å². The predicted octanol–water partition coefficient (Wildman–Crippen LogP) is 4.63. The molecule has 0 bridgehead atoms. The van der Waals surface area contributed by atoms with E-state index in [0.29, 0.717) is 35.5 Å². The molecule has 0 saturated heterocycles. The van der Waals surface area contributed by atoms with Crippen molar-refractivity contribution in [2.75, 3.05) is 0 Å². The molecule has 0 fully saturated rings. The Kier molecular flexibility index (Phi) is 6.94. The van der Waals surface area contributed by atoms with Crippen LogP contribution in [0.2, 0.25) is 0 Å². The Hall–Kier alpha value is -2.27. The smallest absolute Gasteiger partial charge is 0.308 e. The highest BCUT2D eigenvalue weighted by Gasteiger charge is 2.38. The number of aliphatic hydroxyl groups is 1. The molecule has 1 heterocycles. The molecular formula is C23H32O5. The Balaban J connectivity index is 2.37. The summed E-state index contributed by atoms with van der Waals surface area (Å²) >= 11 is 0. The standard InChI is InChI=1S/C23H32O5/c1-14(2)8-7-9-15(3)10-11-17-19(25)13-20-18(22(17)27-16(4)24)12-21(26)23(5,6)28-20/h8,10,13,21,25-26H,7,9,11-12H2,1-6H3/b15-10+. The van der Waals surface area contributed by atoms with Gasteiger partial charge in [0.2, 0.25) is 0 Å². The molecule has 1 aromatic carbocycles. The molecule has 2 N–H and O–H groups in total. The minimum atomic E-state index is -0.782. The molecule has 1 aromatic rings. The maximum atomic E-state index is 11.7. The first-order chi connectivity index (χ1) is 13.0.